The third-order valence-electron chi connectivity index (χ3n) is 2.67. The molecule has 4 nitrogen and oxygen atoms in total. The molecule has 2 N–H and O–H groups in total. The van der Waals surface area contributed by atoms with Crippen LogP contribution in [-0.2, 0) is 12.8 Å². The molecule has 0 spiro atoms. The van der Waals surface area contributed by atoms with Crippen molar-refractivity contribution in [3.8, 4) is 0 Å². The Labute approximate surface area is 98.3 Å². The molecule has 2 rings (SSSR count). The fourth-order valence-corrected chi connectivity index (χ4v) is 1.63. The van der Waals surface area contributed by atoms with E-state index < -0.39 is 11.0 Å². The average molecular weight is 230 g/mol. The molecule has 0 fully saturated rings. The highest BCUT2D eigenvalue weighted by atomic mass is 16.2. The number of aromatic nitrogens is 2. The summed E-state index contributed by atoms with van der Waals surface area (Å²) in [7, 11) is 0. The lowest BCUT2D eigenvalue weighted by atomic mass is 10.1. The molecule has 0 bridgehead atoms. The van der Waals surface area contributed by atoms with Gasteiger partial charge < -0.3 is 5.10 Å². The second kappa shape index (κ2) is 4.82. The first-order valence-electron chi connectivity index (χ1n) is 5.51. The first-order chi connectivity index (χ1) is 8.15. The minimum absolute atomic E-state index is 0.498. The van der Waals surface area contributed by atoms with Crippen molar-refractivity contribution >= 4 is 0 Å². The Morgan fingerprint density at radius 3 is 2.35 bits per heavy atom. The SMILES string of the molecule is Cc1ccc(CCc2cc(=O)c(=O)[nH][nH]2)cc1. The molecule has 0 aliphatic rings. The van der Waals surface area contributed by atoms with Gasteiger partial charge in [-0.2, -0.15) is 0 Å². The molecule has 2 aromatic rings. The number of nitrogens with one attached hydrogen (secondary N) is 2. The lowest BCUT2D eigenvalue weighted by Gasteiger charge is -2.02. The van der Waals surface area contributed by atoms with E-state index in [4.69, 9.17) is 0 Å². The van der Waals surface area contributed by atoms with Gasteiger partial charge in [0, 0.05) is 11.8 Å². The van der Waals surface area contributed by atoms with Crippen LogP contribution in [0, 0.1) is 6.92 Å². The summed E-state index contributed by atoms with van der Waals surface area (Å²) in [6.07, 6.45) is 1.54. The van der Waals surface area contributed by atoms with Gasteiger partial charge in [-0.25, -0.2) is 0 Å². The fourth-order valence-electron chi connectivity index (χ4n) is 1.63. The number of benzene rings is 1. The van der Waals surface area contributed by atoms with Crippen molar-refractivity contribution in [1.29, 1.82) is 0 Å². The van der Waals surface area contributed by atoms with E-state index in [2.05, 4.69) is 34.5 Å². The minimum atomic E-state index is -0.607. The second-order valence-electron chi connectivity index (χ2n) is 4.10. The van der Waals surface area contributed by atoms with Crippen molar-refractivity contribution in [2.75, 3.05) is 0 Å². The van der Waals surface area contributed by atoms with Crippen molar-refractivity contribution in [2.24, 2.45) is 0 Å². The quantitative estimate of drug-likeness (QED) is 0.777. The molecule has 0 saturated heterocycles. The van der Waals surface area contributed by atoms with Crippen LogP contribution in [0.25, 0.3) is 0 Å². The normalized spacial score (nSPS) is 10.4. The summed E-state index contributed by atoms with van der Waals surface area (Å²) in [5, 5.41) is 5.04. The monoisotopic (exact) mass is 230 g/mol. The van der Waals surface area contributed by atoms with Crippen molar-refractivity contribution in [3.63, 3.8) is 0 Å². The highest BCUT2D eigenvalue weighted by Gasteiger charge is 1.99. The van der Waals surface area contributed by atoms with Gasteiger partial charge in [0.1, 0.15) is 0 Å². The Bertz CT molecular complexity index is 608. The lowest BCUT2D eigenvalue weighted by molar-refractivity contribution is 0.838. The topological polar surface area (TPSA) is 65.7 Å². The molecule has 0 unspecified atom stereocenters. The Hall–Kier alpha value is -2.10. The van der Waals surface area contributed by atoms with Gasteiger partial charge in [0.2, 0.25) is 5.43 Å². The maximum absolute atomic E-state index is 11.1. The molecule has 0 saturated carbocycles. The van der Waals surface area contributed by atoms with Crippen molar-refractivity contribution in [2.45, 2.75) is 19.8 Å². The maximum atomic E-state index is 11.1. The fraction of sp³-hybridized carbons (Fsp3) is 0.231. The second-order valence-corrected chi connectivity index (χ2v) is 4.10. The van der Waals surface area contributed by atoms with Crippen LogP contribution in [0.1, 0.15) is 16.8 Å². The molecule has 88 valence electrons. The van der Waals surface area contributed by atoms with E-state index in [1.165, 1.54) is 17.2 Å². The number of H-pyrrole nitrogens is 2. The molecule has 0 aliphatic carbocycles. The molecule has 0 atom stereocenters. The highest BCUT2D eigenvalue weighted by molar-refractivity contribution is 5.22. The largest absolute Gasteiger partial charge is 0.310 e. The van der Waals surface area contributed by atoms with Gasteiger partial charge in [-0.1, -0.05) is 29.8 Å². The van der Waals surface area contributed by atoms with Gasteiger partial charge in [-0.3, -0.25) is 14.7 Å². The van der Waals surface area contributed by atoms with Crippen LogP contribution >= 0.6 is 0 Å². The summed E-state index contributed by atoms with van der Waals surface area (Å²) in [6, 6.07) is 9.61. The summed E-state index contributed by atoms with van der Waals surface area (Å²) >= 11 is 0. The molecule has 0 amide bonds. The van der Waals surface area contributed by atoms with Crippen LogP contribution in [0.15, 0.2) is 39.9 Å². The van der Waals surface area contributed by atoms with Gasteiger partial charge in [0.15, 0.2) is 0 Å². The van der Waals surface area contributed by atoms with Gasteiger partial charge >= 0.3 is 5.56 Å². The molecule has 1 heterocycles. The summed E-state index contributed by atoms with van der Waals surface area (Å²) in [5.74, 6) is 0. The molecule has 1 aromatic heterocycles. The summed E-state index contributed by atoms with van der Waals surface area (Å²) < 4.78 is 0. The number of aromatic amines is 2. The molecular weight excluding hydrogens is 216 g/mol. The smallest absolute Gasteiger partial charge is 0.302 e. The zero-order valence-corrected chi connectivity index (χ0v) is 9.62. The van der Waals surface area contributed by atoms with Crippen LogP contribution < -0.4 is 11.0 Å². The van der Waals surface area contributed by atoms with Gasteiger partial charge in [-0.15, -0.1) is 0 Å². The Morgan fingerprint density at radius 2 is 1.71 bits per heavy atom. The number of hydrogen-bond donors (Lipinski definition) is 2. The van der Waals surface area contributed by atoms with Gasteiger partial charge in [0.05, 0.1) is 0 Å². The van der Waals surface area contributed by atoms with E-state index in [0.29, 0.717) is 6.42 Å². The van der Waals surface area contributed by atoms with Crippen LogP contribution in [-0.4, -0.2) is 10.2 Å². The zero-order valence-electron chi connectivity index (χ0n) is 9.62. The minimum Gasteiger partial charge on any atom is -0.302 e. The predicted molar refractivity (Wildman–Crippen MR) is 66.3 cm³/mol. The summed E-state index contributed by atoms with van der Waals surface area (Å²) in [5.41, 5.74) is 2.08. The molecule has 4 heteroatoms. The van der Waals surface area contributed by atoms with Crippen LogP contribution in [0.4, 0.5) is 0 Å². The van der Waals surface area contributed by atoms with E-state index in [0.717, 1.165) is 12.1 Å². The number of hydrogen-bond acceptors (Lipinski definition) is 2. The van der Waals surface area contributed by atoms with Crippen molar-refractivity contribution in [1.82, 2.24) is 10.2 Å². The van der Waals surface area contributed by atoms with Gasteiger partial charge in [0.25, 0.3) is 0 Å². The third kappa shape index (κ3) is 2.93. The first kappa shape index (κ1) is 11.4. The lowest BCUT2D eigenvalue weighted by Crippen LogP contribution is -2.27. The van der Waals surface area contributed by atoms with E-state index >= 15 is 0 Å². The van der Waals surface area contributed by atoms with Crippen molar-refractivity contribution < 1.29 is 0 Å². The Balaban J connectivity index is 2.07. The third-order valence-corrected chi connectivity index (χ3v) is 2.67. The first-order valence-corrected chi connectivity index (χ1v) is 5.51. The molecule has 17 heavy (non-hydrogen) atoms. The maximum Gasteiger partial charge on any atom is 0.310 e. The van der Waals surface area contributed by atoms with Crippen LogP contribution in [0.3, 0.4) is 0 Å². The van der Waals surface area contributed by atoms with E-state index in [9.17, 15) is 9.59 Å². The Kier molecular flexibility index (Phi) is 3.23. The standard InChI is InChI=1S/C13H14N2O2/c1-9-2-4-10(5-3-9)6-7-11-8-12(16)13(17)15-14-11/h2-5,8H,6-7H2,1H3,(H,14,16)(H,15,17). The number of aryl methyl sites for hydroxylation is 3. The zero-order chi connectivity index (χ0) is 12.3. The van der Waals surface area contributed by atoms with Crippen LogP contribution in [0.5, 0.6) is 0 Å². The van der Waals surface area contributed by atoms with Crippen molar-refractivity contribution in [3.05, 3.63) is 67.7 Å². The van der Waals surface area contributed by atoms with Crippen LogP contribution in [0.2, 0.25) is 0 Å². The molecular formula is C13H14N2O2. The summed E-state index contributed by atoms with van der Waals surface area (Å²) in [6.45, 7) is 2.04. The highest BCUT2D eigenvalue weighted by Crippen LogP contribution is 2.06. The van der Waals surface area contributed by atoms with E-state index in [1.807, 2.05) is 6.92 Å². The number of rotatable bonds is 3. The van der Waals surface area contributed by atoms with Gasteiger partial charge in [-0.05, 0) is 25.3 Å². The van der Waals surface area contributed by atoms with E-state index in [1.54, 1.807) is 0 Å². The molecule has 0 aliphatic heterocycles. The Morgan fingerprint density at radius 1 is 1.00 bits per heavy atom. The summed E-state index contributed by atoms with van der Waals surface area (Å²) in [4.78, 5) is 22.0. The molecule has 0 radical (unpaired) electrons. The average Bonchev–Trinajstić information content (AvgIpc) is 2.33. The molecule has 1 aromatic carbocycles. The predicted octanol–water partition coefficient (Wildman–Crippen LogP) is 1.16. The van der Waals surface area contributed by atoms with E-state index in [-0.39, 0.29) is 0 Å².